The van der Waals surface area contributed by atoms with Crippen molar-refractivity contribution in [2.45, 2.75) is 0 Å². The summed E-state index contributed by atoms with van der Waals surface area (Å²) in [5, 5.41) is 3.09. The summed E-state index contributed by atoms with van der Waals surface area (Å²) in [5.41, 5.74) is 0.205. The Balaban J connectivity index is 2.43. The van der Waals surface area contributed by atoms with Gasteiger partial charge in [0.1, 0.15) is 5.82 Å². The standard InChI is InChI=1S/C11H15N3O2S/c1-3-5-17-6-4-13-10-8-12-7-9(14-10)11(15)16-2/h3,7-8H,1,4-6H2,2H3,(H,13,14). The molecule has 0 aliphatic rings. The molecule has 0 bridgehead atoms. The molecule has 0 radical (unpaired) electrons. The number of anilines is 1. The van der Waals surface area contributed by atoms with E-state index in [0.29, 0.717) is 5.82 Å². The summed E-state index contributed by atoms with van der Waals surface area (Å²) >= 11 is 1.77. The predicted octanol–water partition coefficient (Wildman–Crippen LogP) is 1.59. The van der Waals surface area contributed by atoms with E-state index in [1.807, 2.05) is 6.08 Å². The summed E-state index contributed by atoms with van der Waals surface area (Å²) in [4.78, 5) is 19.2. The number of ether oxygens (including phenoxy) is 1. The van der Waals surface area contributed by atoms with Crippen LogP contribution in [-0.4, -0.2) is 41.1 Å². The van der Waals surface area contributed by atoms with E-state index in [-0.39, 0.29) is 5.69 Å². The molecule has 17 heavy (non-hydrogen) atoms. The highest BCUT2D eigenvalue weighted by atomic mass is 32.2. The molecule has 0 aromatic carbocycles. The van der Waals surface area contributed by atoms with Crippen LogP contribution in [0, 0.1) is 0 Å². The van der Waals surface area contributed by atoms with Crippen LogP contribution in [0.4, 0.5) is 5.82 Å². The van der Waals surface area contributed by atoms with Gasteiger partial charge in [-0.15, -0.1) is 6.58 Å². The summed E-state index contributed by atoms with van der Waals surface area (Å²) in [5.74, 6) is 1.96. The lowest BCUT2D eigenvalue weighted by molar-refractivity contribution is 0.0593. The Kier molecular flexibility index (Phi) is 6.09. The van der Waals surface area contributed by atoms with Crippen LogP contribution in [-0.2, 0) is 4.74 Å². The van der Waals surface area contributed by atoms with Crippen molar-refractivity contribution in [2.24, 2.45) is 0 Å². The number of esters is 1. The zero-order valence-corrected chi connectivity index (χ0v) is 10.5. The first-order valence-corrected chi connectivity index (χ1v) is 6.26. The molecule has 1 aromatic rings. The van der Waals surface area contributed by atoms with Gasteiger partial charge in [0.05, 0.1) is 19.5 Å². The van der Waals surface area contributed by atoms with Gasteiger partial charge in [-0.25, -0.2) is 9.78 Å². The predicted molar refractivity (Wildman–Crippen MR) is 69.4 cm³/mol. The lowest BCUT2D eigenvalue weighted by Gasteiger charge is -2.05. The van der Waals surface area contributed by atoms with Crippen molar-refractivity contribution in [2.75, 3.05) is 30.5 Å². The van der Waals surface area contributed by atoms with E-state index in [1.165, 1.54) is 13.3 Å². The van der Waals surface area contributed by atoms with Crippen molar-refractivity contribution in [3.63, 3.8) is 0 Å². The Hall–Kier alpha value is -1.56. The second-order valence-electron chi connectivity index (χ2n) is 3.07. The number of carbonyl (C=O) groups is 1. The first-order chi connectivity index (χ1) is 8.27. The number of rotatable bonds is 7. The molecule has 0 amide bonds. The largest absolute Gasteiger partial charge is 0.464 e. The van der Waals surface area contributed by atoms with Crippen LogP contribution >= 0.6 is 11.8 Å². The average molecular weight is 253 g/mol. The quantitative estimate of drug-likeness (QED) is 0.452. The number of hydrogen-bond donors (Lipinski definition) is 1. The molecule has 0 fully saturated rings. The molecule has 1 N–H and O–H groups in total. The minimum atomic E-state index is -0.484. The summed E-state index contributed by atoms with van der Waals surface area (Å²) in [7, 11) is 1.32. The number of hydrogen-bond acceptors (Lipinski definition) is 6. The molecule has 0 aliphatic heterocycles. The van der Waals surface area contributed by atoms with Crippen molar-refractivity contribution in [3.05, 3.63) is 30.7 Å². The van der Waals surface area contributed by atoms with E-state index in [9.17, 15) is 4.79 Å². The van der Waals surface area contributed by atoms with Crippen LogP contribution in [0.1, 0.15) is 10.5 Å². The number of nitrogens with one attached hydrogen (secondary N) is 1. The molecule has 1 aromatic heterocycles. The smallest absolute Gasteiger partial charge is 0.358 e. The van der Waals surface area contributed by atoms with Gasteiger partial charge in [0.25, 0.3) is 0 Å². The molecule has 0 aliphatic carbocycles. The number of thioether (sulfide) groups is 1. The second kappa shape index (κ2) is 7.67. The highest BCUT2D eigenvalue weighted by Gasteiger charge is 2.07. The van der Waals surface area contributed by atoms with Gasteiger partial charge in [-0.3, -0.25) is 4.98 Å². The summed E-state index contributed by atoms with van der Waals surface area (Å²) < 4.78 is 4.56. The van der Waals surface area contributed by atoms with E-state index >= 15 is 0 Å². The Labute approximate surface area is 105 Å². The molecule has 0 unspecified atom stereocenters. The Morgan fingerprint density at radius 1 is 1.65 bits per heavy atom. The second-order valence-corrected chi connectivity index (χ2v) is 4.22. The molecule has 0 spiro atoms. The number of aromatic nitrogens is 2. The number of methoxy groups -OCH3 is 1. The van der Waals surface area contributed by atoms with Crippen molar-refractivity contribution in [1.29, 1.82) is 0 Å². The van der Waals surface area contributed by atoms with E-state index in [1.54, 1.807) is 18.0 Å². The minimum Gasteiger partial charge on any atom is -0.464 e. The summed E-state index contributed by atoms with van der Waals surface area (Å²) in [6.07, 6.45) is 4.82. The zero-order chi connectivity index (χ0) is 12.5. The van der Waals surface area contributed by atoms with Gasteiger partial charge < -0.3 is 10.1 Å². The van der Waals surface area contributed by atoms with Crippen LogP contribution in [0.2, 0.25) is 0 Å². The van der Waals surface area contributed by atoms with Gasteiger partial charge in [0, 0.05) is 18.1 Å². The van der Waals surface area contributed by atoms with Crippen LogP contribution in [0.25, 0.3) is 0 Å². The Morgan fingerprint density at radius 3 is 3.18 bits per heavy atom. The van der Waals surface area contributed by atoms with Gasteiger partial charge in [0.15, 0.2) is 5.69 Å². The fourth-order valence-electron chi connectivity index (χ4n) is 1.07. The normalized spacial score (nSPS) is 9.71. The lowest BCUT2D eigenvalue weighted by Crippen LogP contribution is -2.10. The molecule has 1 rings (SSSR count). The zero-order valence-electron chi connectivity index (χ0n) is 9.68. The third-order valence-corrected chi connectivity index (χ3v) is 2.78. The highest BCUT2D eigenvalue weighted by molar-refractivity contribution is 7.99. The maximum absolute atomic E-state index is 11.2. The van der Waals surface area contributed by atoms with E-state index in [4.69, 9.17) is 0 Å². The van der Waals surface area contributed by atoms with E-state index < -0.39 is 5.97 Å². The van der Waals surface area contributed by atoms with Crippen molar-refractivity contribution >= 4 is 23.5 Å². The first kappa shape index (κ1) is 13.5. The van der Waals surface area contributed by atoms with Crippen LogP contribution in [0.3, 0.4) is 0 Å². The number of nitrogens with zero attached hydrogens (tertiary/aromatic N) is 2. The van der Waals surface area contributed by atoms with Crippen LogP contribution in [0.5, 0.6) is 0 Å². The average Bonchev–Trinajstić information content (AvgIpc) is 2.38. The fraction of sp³-hybridized carbons (Fsp3) is 0.364. The van der Waals surface area contributed by atoms with Crippen molar-refractivity contribution in [3.8, 4) is 0 Å². The molecule has 5 nitrogen and oxygen atoms in total. The van der Waals surface area contributed by atoms with E-state index in [0.717, 1.165) is 18.1 Å². The lowest BCUT2D eigenvalue weighted by atomic mass is 10.4. The molecule has 6 heteroatoms. The van der Waals surface area contributed by atoms with Gasteiger partial charge in [-0.1, -0.05) is 6.08 Å². The third-order valence-electron chi connectivity index (χ3n) is 1.82. The minimum absolute atomic E-state index is 0.205. The van der Waals surface area contributed by atoms with Gasteiger partial charge >= 0.3 is 5.97 Å². The Bertz CT molecular complexity index is 385. The highest BCUT2D eigenvalue weighted by Crippen LogP contribution is 2.04. The SMILES string of the molecule is C=CCSCCNc1cncc(C(=O)OC)n1. The summed E-state index contributed by atoms with van der Waals surface area (Å²) in [6, 6.07) is 0. The van der Waals surface area contributed by atoms with Crippen LogP contribution < -0.4 is 5.32 Å². The topological polar surface area (TPSA) is 64.1 Å². The number of carbonyl (C=O) groups excluding carboxylic acids is 1. The van der Waals surface area contributed by atoms with Gasteiger partial charge in [-0.05, 0) is 0 Å². The van der Waals surface area contributed by atoms with Gasteiger partial charge in [-0.2, -0.15) is 11.8 Å². The third kappa shape index (κ3) is 4.86. The molecule has 1 heterocycles. The molecular formula is C11H15N3O2S. The molecular weight excluding hydrogens is 238 g/mol. The molecule has 0 saturated carbocycles. The molecule has 0 atom stereocenters. The fourth-order valence-corrected chi connectivity index (χ4v) is 1.65. The van der Waals surface area contributed by atoms with Crippen molar-refractivity contribution in [1.82, 2.24) is 9.97 Å². The molecule has 92 valence electrons. The summed E-state index contributed by atoms with van der Waals surface area (Å²) in [6.45, 7) is 4.40. The monoisotopic (exact) mass is 253 g/mol. The van der Waals surface area contributed by atoms with E-state index in [2.05, 4.69) is 26.6 Å². The first-order valence-electron chi connectivity index (χ1n) is 5.10. The van der Waals surface area contributed by atoms with Gasteiger partial charge in [0.2, 0.25) is 0 Å². The Morgan fingerprint density at radius 2 is 2.47 bits per heavy atom. The van der Waals surface area contributed by atoms with Crippen molar-refractivity contribution < 1.29 is 9.53 Å². The maximum atomic E-state index is 11.2. The molecule has 0 saturated heterocycles. The maximum Gasteiger partial charge on any atom is 0.358 e. The van der Waals surface area contributed by atoms with Crippen LogP contribution in [0.15, 0.2) is 25.0 Å².